The fraction of sp³-hybridized carbons (Fsp3) is 0.222. The average Bonchev–Trinajstić information content (AvgIpc) is 2.11. The van der Waals surface area contributed by atoms with Gasteiger partial charge in [0, 0.05) is 12.5 Å². The molecule has 0 aliphatic carbocycles. The van der Waals surface area contributed by atoms with E-state index in [9.17, 15) is 4.79 Å². The van der Waals surface area contributed by atoms with Crippen molar-refractivity contribution in [1.82, 2.24) is 0 Å². The second-order valence-corrected chi connectivity index (χ2v) is 2.97. The Kier molecular flexibility index (Phi) is 3.14. The van der Waals surface area contributed by atoms with E-state index >= 15 is 0 Å². The van der Waals surface area contributed by atoms with Gasteiger partial charge in [-0.15, -0.1) is 0 Å². The number of phenols is 1. The van der Waals surface area contributed by atoms with E-state index in [1.54, 1.807) is 6.92 Å². The number of benzene rings is 1. The van der Waals surface area contributed by atoms with Gasteiger partial charge >= 0.3 is 0 Å². The number of carbonyl (C=O) groups is 1. The van der Waals surface area contributed by atoms with Crippen LogP contribution >= 0.6 is 11.6 Å². The van der Waals surface area contributed by atoms with Gasteiger partial charge in [0.1, 0.15) is 5.75 Å². The van der Waals surface area contributed by atoms with Gasteiger partial charge in [-0.2, -0.15) is 0 Å². The average molecular weight is 200 g/mol. The maximum absolute atomic E-state index is 11.0. The zero-order valence-electron chi connectivity index (χ0n) is 7.17. The normalized spacial score (nSPS) is 9.69. The molecule has 0 saturated carbocycles. The number of halogens is 1. The number of anilines is 1. The molecule has 0 radical (unpaired) electrons. The van der Waals surface area contributed by atoms with E-state index in [2.05, 4.69) is 5.32 Å². The van der Waals surface area contributed by atoms with Crippen LogP contribution in [0.5, 0.6) is 5.75 Å². The van der Waals surface area contributed by atoms with E-state index in [1.807, 2.05) is 0 Å². The van der Waals surface area contributed by atoms with Crippen molar-refractivity contribution < 1.29 is 9.90 Å². The van der Waals surface area contributed by atoms with Crippen molar-refractivity contribution in [2.24, 2.45) is 0 Å². The second-order valence-electron chi connectivity index (χ2n) is 2.57. The zero-order chi connectivity index (χ0) is 9.84. The van der Waals surface area contributed by atoms with Crippen LogP contribution in [0.25, 0.3) is 0 Å². The minimum absolute atomic E-state index is 0.0794. The zero-order valence-corrected chi connectivity index (χ0v) is 7.93. The van der Waals surface area contributed by atoms with Gasteiger partial charge in [-0.25, -0.2) is 0 Å². The molecular weight excluding hydrogens is 190 g/mol. The smallest absolute Gasteiger partial charge is 0.224 e. The molecule has 0 spiro atoms. The van der Waals surface area contributed by atoms with Gasteiger partial charge in [0.05, 0.1) is 10.7 Å². The lowest BCUT2D eigenvalue weighted by Gasteiger charge is -2.05. The highest BCUT2D eigenvalue weighted by atomic mass is 35.5. The molecule has 0 unspecified atom stereocenters. The van der Waals surface area contributed by atoms with Crippen molar-refractivity contribution in [3.63, 3.8) is 0 Å². The molecule has 0 aromatic heterocycles. The lowest BCUT2D eigenvalue weighted by molar-refractivity contribution is -0.115. The number of hydrogen-bond donors (Lipinski definition) is 2. The predicted molar refractivity (Wildman–Crippen MR) is 52.0 cm³/mol. The van der Waals surface area contributed by atoms with Crippen LogP contribution < -0.4 is 5.32 Å². The van der Waals surface area contributed by atoms with Gasteiger partial charge in [0.15, 0.2) is 0 Å². The summed E-state index contributed by atoms with van der Waals surface area (Å²) in [7, 11) is 0. The Morgan fingerprint density at radius 1 is 1.62 bits per heavy atom. The molecular formula is C9H10ClNO2. The number of phenolic OH excluding ortho intramolecular Hbond substituents is 1. The maximum Gasteiger partial charge on any atom is 0.224 e. The first-order valence-electron chi connectivity index (χ1n) is 3.92. The summed E-state index contributed by atoms with van der Waals surface area (Å²) in [6.45, 7) is 1.74. The number of nitrogens with one attached hydrogen (secondary N) is 1. The molecule has 0 atom stereocenters. The third kappa shape index (κ3) is 2.63. The highest BCUT2D eigenvalue weighted by molar-refractivity contribution is 6.33. The number of aromatic hydroxyl groups is 1. The van der Waals surface area contributed by atoms with Crippen molar-refractivity contribution in [3.05, 3.63) is 23.2 Å². The minimum atomic E-state index is -0.132. The van der Waals surface area contributed by atoms with E-state index in [4.69, 9.17) is 16.7 Å². The van der Waals surface area contributed by atoms with Gasteiger partial charge in [-0.05, 0) is 12.1 Å². The van der Waals surface area contributed by atoms with Gasteiger partial charge in [0.25, 0.3) is 0 Å². The number of rotatable bonds is 2. The molecule has 1 rings (SSSR count). The van der Waals surface area contributed by atoms with Crippen molar-refractivity contribution in [2.75, 3.05) is 5.32 Å². The van der Waals surface area contributed by atoms with E-state index in [1.165, 1.54) is 18.2 Å². The number of hydrogen-bond acceptors (Lipinski definition) is 2. The molecule has 1 aromatic carbocycles. The van der Waals surface area contributed by atoms with Gasteiger partial charge < -0.3 is 10.4 Å². The third-order valence-corrected chi connectivity index (χ3v) is 1.87. The maximum atomic E-state index is 11.0. The summed E-state index contributed by atoms with van der Waals surface area (Å²) in [4.78, 5) is 11.0. The fourth-order valence-electron chi connectivity index (χ4n) is 0.848. The monoisotopic (exact) mass is 199 g/mol. The molecule has 0 heterocycles. The summed E-state index contributed by atoms with van der Waals surface area (Å²) in [5.41, 5.74) is 0.438. The molecule has 1 aromatic rings. The topological polar surface area (TPSA) is 49.3 Å². The molecule has 0 bridgehead atoms. The van der Waals surface area contributed by atoms with Crippen LogP contribution in [0.15, 0.2) is 18.2 Å². The van der Waals surface area contributed by atoms with Gasteiger partial charge in [-0.1, -0.05) is 18.5 Å². The second kappa shape index (κ2) is 4.14. The van der Waals surface area contributed by atoms with E-state index in [-0.39, 0.29) is 11.7 Å². The first-order valence-corrected chi connectivity index (χ1v) is 4.29. The van der Waals surface area contributed by atoms with Crippen LogP contribution in [-0.2, 0) is 4.79 Å². The lowest BCUT2D eigenvalue weighted by Crippen LogP contribution is -2.09. The Morgan fingerprint density at radius 3 is 2.92 bits per heavy atom. The first-order chi connectivity index (χ1) is 6.13. The molecule has 13 heavy (non-hydrogen) atoms. The summed E-state index contributed by atoms with van der Waals surface area (Å²) >= 11 is 5.77. The third-order valence-electron chi connectivity index (χ3n) is 1.55. The van der Waals surface area contributed by atoms with Crippen LogP contribution in [0.2, 0.25) is 5.02 Å². The van der Waals surface area contributed by atoms with E-state index in [0.717, 1.165) is 0 Å². The summed E-state index contributed by atoms with van der Waals surface area (Å²) in [5, 5.41) is 12.1. The van der Waals surface area contributed by atoms with Crippen molar-refractivity contribution in [3.8, 4) is 5.75 Å². The highest BCUT2D eigenvalue weighted by Crippen LogP contribution is 2.25. The van der Waals surface area contributed by atoms with Crippen LogP contribution in [-0.4, -0.2) is 11.0 Å². The Bertz CT molecular complexity index is 325. The molecule has 0 aliphatic heterocycles. The summed E-state index contributed by atoms with van der Waals surface area (Å²) in [6, 6.07) is 4.40. The Morgan fingerprint density at radius 2 is 2.31 bits per heavy atom. The molecule has 3 nitrogen and oxygen atoms in total. The minimum Gasteiger partial charge on any atom is -0.508 e. The summed E-state index contributed by atoms with van der Waals surface area (Å²) < 4.78 is 0. The van der Waals surface area contributed by atoms with Crippen LogP contribution in [0, 0.1) is 0 Å². The molecule has 0 fully saturated rings. The van der Waals surface area contributed by atoms with Crippen LogP contribution in [0.3, 0.4) is 0 Å². The van der Waals surface area contributed by atoms with Crippen LogP contribution in [0.4, 0.5) is 5.69 Å². The van der Waals surface area contributed by atoms with Crippen molar-refractivity contribution >= 4 is 23.2 Å². The Balaban J connectivity index is 2.87. The van der Waals surface area contributed by atoms with Crippen LogP contribution in [0.1, 0.15) is 13.3 Å². The molecule has 0 aliphatic rings. The largest absolute Gasteiger partial charge is 0.508 e. The molecule has 0 saturated heterocycles. The van der Waals surface area contributed by atoms with Gasteiger partial charge in [0.2, 0.25) is 5.91 Å². The quantitative estimate of drug-likeness (QED) is 0.769. The van der Waals surface area contributed by atoms with E-state index in [0.29, 0.717) is 17.1 Å². The molecule has 4 heteroatoms. The fourth-order valence-corrected chi connectivity index (χ4v) is 1.01. The number of amides is 1. The van der Waals surface area contributed by atoms with Gasteiger partial charge in [-0.3, -0.25) is 4.79 Å². The standard InChI is InChI=1S/C9H10ClNO2/c1-2-9(13)11-8-5-6(12)3-4-7(8)10/h3-5,12H,2H2,1H3,(H,11,13). The highest BCUT2D eigenvalue weighted by Gasteiger charge is 2.04. The SMILES string of the molecule is CCC(=O)Nc1cc(O)ccc1Cl. The number of carbonyl (C=O) groups excluding carboxylic acids is 1. The lowest BCUT2D eigenvalue weighted by atomic mass is 10.3. The van der Waals surface area contributed by atoms with Crippen molar-refractivity contribution in [2.45, 2.75) is 13.3 Å². The molecule has 2 N–H and O–H groups in total. The summed E-state index contributed by atoms with van der Waals surface area (Å²) in [5.74, 6) is -0.0525. The summed E-state index contributed by atoms with van der Waals surface area (Å²) in [6.07, 6.45) is 0.381. The van der Waals surface area contributed by atoms with Crippen molar-refractivity contribution in [1.29, 1.82) is 0 Å². The molecule has 1 amide bonds. The molecule has 70 valence electrons. The predicted octanol–water partition coefficient (Wildman–Crippen LogP) is 2.39. The van der Waals surface area contributed by atoms with E-state index < -0.39 is 0 Å². The first kappa shape index (κ1) is 9.86. The Hall–Kier alpha value is -1.22. The Labute approximate surface area is 81.3 Å².